The summed E-state index contributed by atoms with van der Waals surface area (Å²) in [6.07, 6.45) is 5.04. The molecule has 4 rings (SSSR count). The number of hydrogen-bond acceptors (Lipinski definition) is 9. The van der Waals surface area contributed by atoms with E-state index < -0.39 is 0 Å². The molecule has 1 amide bonds. The van der Waals surface area contributed by atoms with Crippen molar-refractivity contribution >= 4 is 34.1 Å². The number of carbonyl (C=O) groups is 1. The lowest BCUT2D eigenvalue weighted by Gasteiger charge is -2.08. The Balaban J connectivity index is 1.52. The fourth-order valence-corrected chi connectivity index (χ4v) is 3.78. The molecule has 0 spiro atoms. The number of nitrogens with one attached hydrogen (secondary N) is 1. The summed E-state index contributed by atoms with van der Waals surface area (Å²) in [5.74, 6) is 1.41. The van der Waals surface area contributed by atoms with Crippen LogP contribution >= 0.6 is 23.1 Å². The van der Waals surface area contributed by atoms with Gasteiger partial charge in [0.1, 0.15) is 10.8 Å². The highest BCUT2D eigenvalue weighted by molar-refractivity contribution is 7.99. The highest BCUT2D eigenvalue weighted by atomic mass is 32.2. The Hall–Kier alpha value is -3.05. The quantitative estimate of drug-likeness (QED) is 0.460. The van der Waals surface area contributed by atoms with Gasteiger partial charge in [0.05, 0.1) is 18.6 Å². The lowest BCUT2D eigenvalue weighted by molar-refractivity contribution is -0.113. The van der Waals surface area contributed by atoms with Crippen LogP contribution in [0.4, 0.5) is 5.13 Å². The summed E-state index contributed by atoms with van der Waals surface area (Å²) < 4.78 is 7.37. The van der Waals surface area contributed by atoms with E-state index in [1.165, 1.54) is 23.1 Å². The van der Waals surface area contributed by atoms with Crippen molar-refractivity contribution in [1.29, 1.82) is 0 Å². The summed E-state index contributed by atoms with van der Waals surface area (Å²) in [6.45, 7) is 2.28. The molecule has 142 valence electrons. The zero-order valence-corrected chi connectivity index (χ0v) is 16.4. The predicted molar refractivity (Wildman–Crippen MR) is 105 cm³/mol. The molecule has 0 aromatic carbocycles. The van der Waals surface area contributed by atoms with Gasteiger partial charge in [-0.1, -0.05) is 23.1 Å². The second-order valence-electron chi connectivity index (χ2n) is 5.68. The Labute approximate surface area is 168 Å². The van der Waals surface area contributed by atoms with Gasteiger partial charge < -0.3 is 4.42 Å². The van der Waals surface area contributed by atoms with Crippen LogP contribution in [0.5, 0.6) is 0 Å². The van der Waals surface area contributed by atoms with E-state index in [1.807, 2.05) is 35.8 Å². The van der Waals surface area contributed by atoms with Crippen LogP contribution in [0, 0.1) is 6.92 Å². The van der Waals surface area contributed by atoms with Crippen LogP contribution in [-0.4, -0.2) is 41.6 Å². The van der Waals surface area contributed by atoms with Gasteiger partial charge >= 0.3 is 0 Å². The van der Waals surface area contributed by atoms with Crippen molar-refractivity contribution < 1.29 is 9.21 Å². The molecule has 0 aliphatic heterocycles. The molecule has 11 heteroatoms. The van der Waals surface area contributed by atoms with E-state index in [0.717, 1.165) is 16.3 Å². The Morgan fingerprint density at radius 1 is 1.25 bits per heavy atom. The topological polar surface area (TPSA) is 112 Å². The fourth-order valence-electron chi connectivity index (χ4n) is 2.44. The summed E-state index contributed by atoms with van der Waals surface area (Å²) in [7, 11) is 0. The molecule has 28 heavy (non-hydrogen) atoms. The van der Waals surface area contributed by atoms with Gasteiger partial charge in [0.15, 0.2) is 11.0 Å². The molecule has 4 aromatic heterocycles. The highest BCUT2D eigenvalue weighted by Gasteiger charge is 2.17. The molecule has 1 N–H and O–H groups in total. The van der Waals surface area contributed by atoms with Crippen LogP contribution in [0.15, 0.2) is 52.5 Å². The summed E-state index contributed by atoms with van der Waals surface area (Å²) in [5.41, 5.74) is 0.835. The molecule has 0 radical (unpaired) electrons. The smallest absolute Gasteiger partial charge is 0.236 e. The number of furan rings is 1. The molecular weight excluding hydrogens is 398 g/mol. The second kappa shape index (κ2) is 8.31. The third-order valence-electron chi connectivity index (χ3n) is 3.64. The number of thioether (sulfide) groups is 1. The molecule has 4 aromatic rings. The molecule has 0 bridgehead atoms. The Morgan fingerprint density at radius 2 is 2.18 bits per heavy atom. The van der Waals surface area contributed by atoms with E-state index in [9.17, 15) is 4.79 Å². The van der Waals surface area contributed by atoms with Crippen LogP contribution in [0.1, 0.15) is 10.8 Å². The minimum Gasteiger partial charge on any atom is -0.467 e. The minimum absolute atomic E-state index is 0.169. The lowest BCUT2D eigenvalue weighted by atomic mass is 10.2. The first kappa shape index (κ1) is 18.3. The van der Waals surface area contributed by atoms with Gasteiger partial charge in [-0.15, -0.1) is 20.4 Å². The average Bonchev–Trinajstić information content (AvgIpc) is 3.44. The van der Waals surface area contributed by atoms with Crippen molar-refractivity contribution in [1.82, 2.24) is 29.9 Å². The number of amides is 1. The van der Waals surface area contributed by atoms with E-state index in [2.05, 4.69) is 30.7 Å². The molecule has 0 unspecified atom stereocenters. The molecule has 0 fully saturated rings. The van der Waals surface area contributed by atoms with Crippen LogP contribution in [0.25, 0.3) is 11.4 Å². The SMILES string of the molecule is Cc1nnc(NC(=O)CSc2nnc(-c3cccnc3)n2Cc2ccco2)s1. The van der Waals surface area contributed by atoms with E-state index in [1.54, 1.807) is 18.7 Å². The average molecular weight is 413 g/mol. The molecule has 4 heterocycles. The Bertz CT molecular complexity index is 1060. The third-order valence-corrected chi connectivity index (χ3v) is 5.36. The number of rotatable bonds is 7. The number of aromatic nitrogens is 6. The van der Waals surface area contributed by atoms with E-state index in [-0.39, 0.29) is 11.7 Å². The van der Waals surface area contributed by atoms with Crippen LogP contribution < -0.4 is 5.32 Å². The first-order chi connectivity index (χ1) is 13.7. The third kappa shape index (κ3) is 4.26. The molecule has 0 atom stereocenters. The Kier molecular flexibility index (Phi) is 5.44. The van der Waals surface area contributed by atoms with Crippen molar-refractivity contribution in [2.45, 2.75) is 18.6 Å². The van der Waals surface area contributed by atoms with E-state index in [4.69, 9.17) is 4.42 Å². The van der Waals surface area contributed by atoms with Crippen molar-refractivity contribution in [3.63, 3.8) is 0 Å². The molecule has 0 aliphatic rings. The number of nitrogens with zero attached hydrogens (tertiary/aromatic N) is 6. The van der Waals surface area contributed by atoms with Crippen molar-refractivity contribution in [2.24, 2.45) is 0 Å². The summed E-state index contributed by atoms with van der Waals surface area (Å²) in [4.78, 5) is 16.4. The molecule has 0 saturated carbocycles. The largest absolute Gasteiger partial charge is 0.467 e. The summed E-state index contributed by atoms with van der Waals surface area (Å²) >= 11 is 2.62. The van der Waals surface area contributed by atoms with Crippen molar-refractivity contribution in [3.8, 4) is 11.4 Å². The number of pyridine rings is 1. The zero-order chi connectivity index (χ0) is 19.3. The number of carbonyl (C=O) groups excluding carboxylic acids is 1. The normalized spacial score (nSPS) is 10.9. The first-order valence-electron chi connectivity index (χ1n) is 8.28. The minimum atomic E-state index is -0.184. The highest BCUT2D eigenvalue weighted by Crippen LogP contribution is 2.25. The van der Waals surface area contributed by atoms with Gasteiger partial charge in [0.2, 0.25) is 11.0 Å². The van der Waals surface area contributed by atoms with Gasteiger partial charge in [-0.25, -0.2) is 0 Å². The molecule has 0 aliphatic carbocycles. The molecule has 0 saturated heterocycles. The first-order valence-corrected chi connectivity index (χ1v) is 10.1. The number of anilines is 1. The predicted octanol–water partition coefficient (Wildman–Crippen LogP) is 2.87. The van der Waals surface area contributed by atoms with Gasteiger partial charge in [0, 0.05) is 18.0 Å². The summed E-state index contributed by atoms with van der Waals surface area (Å²) in [5, 5.41) is 21.0. The van der Waals surface area contributed by atoms with Crippen molar-refractivity contribution in [2.75, 3.05) is 11.1 Å². The van der Waals surface area contributed by atoms with Gasteiger partial charge in [0.25, 0.3) is 0 Å². The standard InChI is InChI=1S/C17H15N7O2S2/c1-11-20-22-16(28-11)19-14(25)10-27-17-23-21-15(12-4-2-6-18-8-12)24(17)9-13-5-3-7-26-13/h2-8H,9-10H2,1H3,(H,19,22,25). The van der Waals surface area contributed by atoms with E-state index in [0.29, 0.717) is 22.7 Å². The maximum absolute atomic E-state index is 12.2. The lowest BCUT2D eigenvalue weighted by Crippen LogP contribution is -2.14. The summed E-state index contributed by atoms with van der Waals surface area (Å²) in [6, 6.07) is 7.46. The van der Waals surface area contributed by atoms with Gasteiger partial charge in [-0.3, -0.25) is 19.7 Å². The second-order valence-corrected chi connectivity index (χ2v) is 7.80. The molecular formula is C17H15N7O2S2. The monoisotopic (exact) mass is 413 g/mol. The van der Waals surface area contributed by atoms with Gasteiger partial charge in [-0.2, -0.15) is 0 Å². The van der Waals surface area contributed by atoms with E-state index >= 15 is 0 Å². The fraction of sp³-hybridized carbons (Fsp3) is 0.176. The van der Waals surface area contributed by atoms with Crippen molar-refractivity contribution in [3.05, 3.63) is 53.7 Å². The van der Waals surface area contributed by atoms with Gasteiger partial charge in [-0.05, 0) is 31.2 Å². The Morgan fingerprint density at radius 3 is 2.89 bits per heavy atom. The number of aryl methyl sites for hydroxylation is 1. The van der Waals surface area contributed by atoms with Crippen LogP contribution in [0.2, 0.25) is 0 Å². The van der Waals surface area contributed by atoms with Crippen LogP contribution in [0.3, 0.4) is 0 Å². The van der Waals surface area contributed by atoms with Crippen LogP contribution in [-0.2, 0) is 11.3 Å². The number of hydrogen-bond donors (Lipinski definition) is 1. The molecule has 9 nitrogen and oxygen atoms in total. The zero-order valence-electron chi connectivity index (χ0n) is 14.8. The maximum Gasteiger partial charge on any atom is 0.236 e. The maximum atomic E-state index is 12.2.